The van der Waals surface area contributed by atoms with E-state index < -0.39 is 0 Å². The van der Waals surface area contributed by atoms with Crippen molar-refractivity contribution in [3.05, 3.63) is 51.2 Å². The largest absolute Gasteiger partial charge is 0.305 e. The minimum Gasteiger partial charge on any atom is -0.305 e. The van der Waals surface area contributed by atoms with Gasteiger partial charge in [0.05, 0.1) is 11.7 Å². The van der Waals surface area contributed by atoms with Gasteiger partial charge in [0, 0.05) is 10.8 Å². The molecule has 0 aliphatic carbocycles. The van der Waals surface area contributed by atoms with Crippen LogP contribution in [0.15, 0.2) is 23.6 Å². The van der Waals surface area contributed by atoms with Gasteiger partial charge in [0.15, 0.2) is 0 Å². The normalized spacial score (nSPS) is 13.4. The van der Waals surface area contributed by atoms with E-state index in [0.29, 0.717) is 0 Å². The first kappa shape index (κ1) is 16.1. The molecule has 1 unspecified atom stereocenters. The molecule has 4 heteroatoms. The summed E-state index contributed by atoms with van der Waals surface area (Å²) in [6, 6.07) is 4.98. The number of hydrogen-bond donors (Lipinski definition) is 1. The van der Waals surface area contributed by atoms with Gasteiger partial charge in [-0.1, -0.05) is 33.8 Å². The Morgan fingerprint density at radius 3 is 2.57 bits per heavy atom. The summed E-state index contributed by atoms with van der Waals surface area (Å²) >= 11 is 1.66. The summed E-state index contributed by atoms with van der Waals surface area (Å²) in [6.45, 7) is 11.3. The molecule has 1 aromatic heterocycles. The molecule has 0 spiro atoms. The van der Waals surface area contributed by atoms with Crippen molar-refractivity contribution in [2.45, 2.75) is 46.1 Å². The van der Waals surface area contributed by atoms with Crippen molar-refractivity contribution in [1.29, 1.82) is 0 Å². The van der Waals surface area contributed by atoms with Gasteiger partial charge in [-0.2, -0.15) is 0 Å². The minimum atomic E-state index is -0.194. The zero-order valence-electron chi connectivity index (χ0n) is 13.3. The fourth-order valence-corrected chi connectivity index (χ4v) is 3.40. The highest BCUT2D eigenvalue weighted by Crippen LogP contribution is 2.31. The fourth-order valence-electron chi connectivity index (χ4n) is 2.26. The Balaban J connectivity index is 2.41. The van der Waals surface area contributed by atoms with Crippen molar-refractivity contribution < 1.29 is 4.39 Å². The van der Waals surface area contributed by atoms with E-state index in [0.717, 1.165) is 28.4 Å². The van der Waals surface area contributed by atoms with Gasteiger partial charge in [0.1, 0.15) is 10.8 Å². The molecule has 0 saturated heterocycles. The van der Waals surface area contributed by atoms with Crippen LogP contribution in [0, 0.1) is 12.7 Å². The van der Waals surface area contributed by atoms with Crippen LogP contribution >= 0.6 is 11.3 Å². The summed E-state index contributed by atoms with van der Waals surface area (Å²) < 4.78 is 13.3. The summed E-state index contributed by atoms with van der Waals surface area (Å²) in [4.78, 5) is 4.80. The molecular weight excluding hydrogens is 283 g/mol. The van der Waals surface area contributed by atoms with Gasteiger partial charge in [-0.05, 0) is 36.7 Å². The first-order valence-corrected chi connectivity index (χ1v) is 8.16. The summed E-state index contributed by atoms with van der Waals surface area (Å²) in [5.41, 5.74) is 3.19. The van der Waals surface area contributed by atoms with Crippen LogP contribution in [0.4, 0.5) is 4.39 Å². The Bertz CT molecular complexity index is 613. The molecule has 1 atom stereocenters. The lowest BCUT2D eigenvalue weighted by Gasteiger charge is -2.19. The maximum atomic E-state index is 13.3. The quantitative estimate of drug-likeness (QED) is 0.894. The Kier molecular flexibility index (Phi) is 4.79. The van der Waals surface area contributed by atoms with Crippen molar-refractivity contribution in [3.8, 4) is 0 Å². The fraction of sp³-hybridized carbons (Fsp3) is 0.471. The smallest absolute Gasteiger partial charge is 0.123 e. The third-order valence-corrected chi connectivity index (χ3v) is 4.40. The predicted octanol–water partition coefficient (Wildman–Crippen LogP) is 4.59. The highest BCUT2D eigenvalue weighted by molar-refractivity contribution is 7.09. The van der Waals surface area contributed by atoms with E-state index in [1.807, 2.05) is 13.0 Å². The maximum Gasteiger partial charge on any atom is 0.123 e. The SMILES string of the molecule is CCNC(c1nc(C(C)(C)C)cs1)c1ccc(F)cc1C. The monoisotopic (exact) mass is 306 g/mol. The van der Waals surface area contributed by atoms with E-state index in [1.165, 1.54) is 6.07 Å². The van der Waals surface area contributed by atoms with Crippen LogP contribution in [0.3, 0.4) is 0 Å². The molecule has 0 fully saturated rings. The van der Waals surface area contributed by atoms with Crippen LogP contribution in [-0.4, -0.2) is 11.5 Å². The van der Waals surface area contributed by atoms with Crippen molar-refractivity contribution in [2.24, 2.45) is 0 Å². The lowest BCUT2D eigenvalue weighted by Crippen LogP contribution is -2.23. The molecule has 21 heavy (non-hydrogen) atoms. The second-order valence-corrected chi connectivity index (χ2v) is 7.20. The molecule has 2 rings (SSSR count). The third kappa shape index (κ3) is 3.69. The number of rotatable bonds is 4. The topological polar surface area (TPSA) is 24.9 Å². The Hall–Kier alpha value is -1.26. The number of aromatic nitrogens is 1. The highest BCUT2D eigenvalue weighted by atomic mass is 32.1. The van der Waals surface area contributed by atoms with Crippen molar-refractivity contribution in [2.75, 3.05) is 6.54 Å². The molecule has 2 aromatic rings. The maximum absolute atomic E-state index is 13.3. The molecule has 2 nitrogen and oxygen atoms in total. The predicted molar refractivity (Wildman–Crippen MR) is 87.5 cm³/mol. The molecule has 0 aliphatic rings. The summed E-state index contributed by atoms with van der Waals surface area (Å²) in [5, 5.41) is 6.63. The molecular formula is C17H23FN2S. The van der Waals surface area contributed by atoms with Gasteiger partial charge < -0.3 is 5.32 Å². The van der Waals surface area contributed by atoms with Gasteiger partial charge in [-0.3, -0.25) is 0 Å². The number of hydrogen-bond acceptors (Lipinski definition) is 3. The number of nitrogens with one attached hydrogen (secondary N) is 1. The van der Waals surface area contributed by atoms with E-state index in [1.54, 1.807) is 17.4 Å². The Labute approximate surface area is 130 Å². The molecule has 0 radical (unpaired) electrons. The number of thiazole rings is 1. The number of aryl methyl sites for hydroxylation is 1. The standard InChI is InChI=1S/C17H23FN2S/c1-6-19-15(13-8-7-12(18)9-11(13)2)16-20-14(10-21-16)17(3,4)5/h7-10,15,19H,6H2,1-5H3. The Morgan fingerprint density at radius 1 is 1.33 bits per heavy atom. The van der Waals surface area contributed by atoms with Gasteiger partial charge >= 0.3 is 0 Å². The van der Waals surface area contributed by atoms with Gasteiger partial charge in [0.2, 0.25) is 0 Å². The number of benzene rings is 1. The molecule has 0 aliphatic heterocycles. The van der Waals surface area contributed by atoms with Crippen molar-refractivity contribution >= 4 is 11.3 Å². The van der Waals surface area contributed by atoms with Crippen molar-refractivity contribution in [3.63, 3.8) is 0 Å². The molecule has 0 bridgehead atoms. The average Bonchev–Trinajstić information content (AvgIpc) is 2.86. The van der Waals surface area contributed by atoms with Crippen LogP contribution < -0.4 is 5.32 Å². The third-order valence-electron chi connectivity index (χ3n) is 3.49. The van der Waals surface area contributed by atoms with Crippen LogP contribution in [0.5, 0.6) is 0 Å². The molecule has 1 N–H and O–H groups in total. The lowest BCUT2D eigenvalue weighted by atomic mass is 9.93. The molecule has 1 heterocycles. The molecule has 0 saturated carbocycles. The van der Waals surface area contributed by atoms with E-state index in [2.05, 4.69) is 38.4 Å². The summed E-state index contributed by atoms with van der Waals surface area (Å²) in [5.74, 6) is -0.194. The van der Waals surface area contributed by atoms with Crippen LogP contribution in [-0.2, 0) is 5.41 Å². The molecule has 114 valence electrons. The lowest BCUT2D eigenvalue weighted by molar-refractivity contribution is 0.561. The average molecular weight is 306 g/mol. The summed E-state index contributed by atoms with van der Waals surface area (Å²) in [7, 11) is 0. The molecule has 0 amide bonds. The summed E-state index contributed by atoms with van der Waals surface area (Å²) in [6.07, 6.45) is 0. The Morgan fingerprint density at radius 2 is 2.05 bits per heavy atom. The number of halogens is 1. The highest BCUT2D eigenvalue weighted by Gasteiger charge is 2.23. The first-order chi connectivity index (χ1) is 9.82. The van der Waals surface area contributed by atoms with Crippen LogP contribution in [0.1, 0.15) is 55.6 Å². The molecule has 1 aromatic carbocycles. The van der Waals surface area contributed by atoms with E-state index in [-0.39, 0.29) is 17.3 Å². The first-order valence-electron chi connectivity index (χ1n) is 7.28. The van der Waals surface area contributed by atoms with Crippen LogP contribution in [0.2, 0.25) is 0 Å². The zero-order valence-corrected chi connectivity index (χ0v) is 14.1. The van der Waals surface area contributed by atoms with Crippen molar-refractivity contribution in [1.82, 2.24) is 10.3 Å². The van der Waals surface area contributed by atoms with Gasteiger partial charge in [-0.25, -0.2) is 9.37 Å². The number of nitrogens with zero attached hydrogens (tertiary/aromatic N) is 1. The second-order valence-electron chi connectivity index (χ2n) is 6.31. The van der Waals surface area contributed by atoms with E-state index in [4.69, 9.17) is 4.98 Å². The minimum absolute atomic E-state index is 0.0247. The zero-order chi connectivity index (χ0) is 15.6. The van der Waals surface area contributed by atoms with E-state index >= 15 is 0 Å². The second kappa shape index (κ2) is 6.24. The van der Waals surface area contributed by atoms with Crippen LogP contribution in [0.25, 0.3) is 0 Å². The van der Waals surface area contributed by atoms with E-state index in [9.17, 15) is 4.39 Å². The van der Waals surface area contributed by atoms with Gasteiger partial charge in [-0.15, -0.1) is 11.3 Å². The van der Waals surface area contributed by atoms with Gasteiger partial charge in [0.25, 0.3) is 0 Å².